The van der Waals surface area contributed by atoms with Crippen LogP contribution >= 0.6 is 11.6 Å². The second-order valence-electron chi connectivity index (χ2n) is 8.87. The van der Waals surface area contributed by atoms with Gasteiger partial charge < -0.3 is 14.4 Å². The van der Waals surface area contributed by atoms with Crippen LogP contribution in [0.1, 0.15) is 21.5 Å². The van der Waals surface area contributed by atoms with Crippen LogP contribution in [0.25, 0.3) is 0 Å². The predicted octanol–water partition coefficient (Wildman–Crippen LogP) is 4.14. The third-order valence-corrected chi connectivity index (χ3v) is 8.14. The molecule has 0 aliphatic carbocycles. The van der Waals surface area contributed by atoms with Gasteiger partial charge in [0.15, 0.2) is 11.5 Å². The van der Waals surface area contributed by atoms with Crippen molar-refractivity contribution in [3.8, 4) is 11.5 Å². The van der Waals surface area contributed by atoms with E-state index in [1.807, 2.05) is 37.3 Å². The molecule has 3 aromatic carbocycles. The number of rotatable bonds is 6. The average Bonchev–Trinajstić information content (AvgIpc) is 3.33. The molecule has 0 aromatic heterocycles. The van der Waals surface area contributed by atoms with Gasteiger partial charge in [-0.25, -0.2) is 8.42 Å². The van der Waals surface area contributed by atoms with Crippen molar-refractivity contribution in [3.05, 3.63) is 82.4 Å². The van der Waals surface area contributed by atoms with Crippen LogP contribution in [0.5, 0.6) is 11.5 Å². The Kier molecular flexibility index (Phi) is 6.79. The van der Waals surface area contributed by atoms with Crippen molar-refractivity contribution < 1.29 is 22.7 Å². The summed E-state index contributed by atoms with van der Waals surface area (Å²) in [5.41, 5.74) is 2.84. The van der Waals surface area contributed by atoms with Crippen LogP contribution in [0.3, 0.4) is 0 Å². The zero-order chi connectivity index (χ0) is 25.3. The summed E-state index contributed by atoms with van der Waals surface area (Å²) in [6.45, 7) is 5.39. The van der Waals surface area contributed by atoms with Crippen LogP contribution < -0.4 is 14.2 Å². The number of hydrogen-bond acceptors (Lipinski definition) is 6. The number of carbonyl (C=O) groups is 1. The fourth-order valence-corrected chi connectivity index (χ4v) is 5.85. The number of hydrogen-bond donors (Lipinski definition) is 1. The molecule has 1 fully saturated rings. The second kappa shape index (κ2) is 10.0. The molecular formula is C26H26ClN3O5S. The lowest BCUT2D eigenvalue weighted by molar-refractivity contribution is 0.0628. The number of sulfonamides is 1. The molecule has 1 N–H and O–H groups in total. The molecule has 36 heavy (non-hydrogen) atoms. The van der Waals surface area contributed by atoms with Gasteiger partial charge in [-0.2, -0.15) is 0 Å². The maximum absolute atomic E-state index is 13.2. The molecular weight excluding hydrogens is 502 g/mol. The molecule has 0 spiro atoms. The summed E-state index contributed by atoms with van der Waals surface area (Å²) in [6.07, 6.45) is 0. The zero-order valence-electron chi connectivity index (χ0n) is 19.7. The summed E-state index contributed by atoms with van der Waals surface area (Å²) >= 11 is 6.23. The molecule has 188 valence electrons. The zero-order valence-corrected chi connectivity index (χ0v) is 21.3. The molecule has 2 heterocycles. The molecule has 2 aliphatic heterocycles. The number of benzene rings is 3. The fraction of sp³-hybridized carbons (Fsp3) is 0.269. The highest BCUT2D eigenvalue weighted by Crippen LogP contribution is 2.33. The number of amides is 1. The van der Waals surface area contributed by atoms with Crippen LogP contribution in [0.2, 0.25) is 5.02 Å². The van der Waals surface area contributed by atoms with Crippen LogP contribution in [0.4, 0.5) is 5.69 Å². The Labute approximate surface area is 215 Å². The lowest BCUT2D eigenvalue weighted by Gasteiger charge is -2.35. The molecule has 0 saturated carbocycles. The Hall–Kier alpha value is -3.27. The van der Waals surface area contributed by atoms with Crippen molar-refractivity contribution in [2.75, 3.05) is 37.7 Å². The summed E-state index contributed by atoms with van der Waals surface area (Å²) in [5.74, 6) is 1.29. The van der Waals surface area contributed by atoms with Crippen LogP contribution in [-0.4, -0.2) is 57.1 Å². The van der Waals surface area contributed by atoms with E-state index in [9.17, 15) is 13.2 Å². The van der Waals surface area contributed by atoms with Crippen molar-refractivity contribution in [2.24, 2.45) is 0 Å². The number of anilines is 1. The number of halogens is 1. The monoisotopic (exact) mass is 527 g/mol. The Bertz CT molecular complexity index is 1390. The average molecular weight is 528 g/mol. The fourth-order valence-electron chi connectivity index (χ4n) is 4.26. The van der Waals surface area contributed by atoms with Gasteiger partial charge in [0.05, 0.1) is 5.02 Å². The number of piperazine rings is 1. The second-order valence-corrected chi connectivity index (χ2v) is 10.9. The first kappa shape index (κ1) is 24.4. The highest BCUT2D eigenvalue weighted by Gasteiger charge is 2.26. The molecule has 10 heteroatoms. The molecule has 1 saturated heterocycles. The predicted molar refractivity (Wildman–Crippen MR) is 137 cm³/mol. The summed E-state index contributed by atoms with van der Waals surface area (Å²) in [5, 5.41) is 0.0553. The lowest BCUT2D eigenvalue weighted by atomic mass is 10.1. The van der Waals surface area contributed by atoms with E-state index in [0.29, 0.717) is 31.9 Å². The van der Waals surface area contributed by atoms with Gasteiger partial charge in [-0.3, -0.25) is 14.4 Å². The minimum absolute atomic E-state index is 0.0553. The molecule has 0 bridgehead atoms. The van der Waals surface area contributed by atoms with Gasteiger partial charge in [-0.15, -0.1) is 0 Å². The van der Waals surface area contributed by atoms with Gasteiger partial charge in [0.25, 0.3) is 15.9 Å². The minimum atomic E-state index is -3.97. The maximum atomic E-state index is 13.2. The molecule has 0 radical (unpaired) electrons. The van der Waals surface area contributed by atoms with Crippen molar-refractivity contribution >= 4 is 33.2 Å². The molecule has 0 atom stereocenters. The molecule has 3 aromatic rings. The Balaban J connectivity index is 1.24. The Morgan fingerprint density at radius 2 is 1.67 bits per heavy atom. The standard InChI is InChI=1S/C26H26ClN3O5S/c1-18-2-6-21(7-3-18)28-36(32,33)25-15-20(5-8-22(25)27)26(31)30-12-10-29(11-13-30)16-19-4-9-23-24(14-19)35-17-34-23/h2-9,14-15,28H,10-13,16-17H2,1H3. The van der Waals surface area contributed by atoms with E-state index < -0.39 is 10.0 Å². The molecule has 1 amide bonds. The largest absolute Gasteiger partial charge is 0.454 e. The van der Waals surface area contributed by atoms with Crippen LogP contribution in [0.15, 0.2) is 65.6 Å². The number of fused-ring (bicyclic) bond motifs is 1. The van der Waals surface area contributed by atoms with Gasteiger partial charge in [0.2, 0.25) is 6.79 Å². The molecule has 8 nitrogen and oxygen atoms in total. The number of nitrogens with zero attached hydrogens (tertiary/aromatic N) is 2. The number of ether oxygens (including phenoxy) is 2. The number of carbonyl (C=O) groups excluding carboxylic acids is 1. The SMILES string of the molecule is Cc1ccc(NS(=O)(=O)c2cc(C(=O)N3CCN(Cc4ccc5c(c4)OCO5)CC3)ccc2Cl)cc1. The normalized spacial score (nSPS) is 15.7. The quantitative estimate of drug-likeness (QED) is 0.518. The van der Waals surface area contributed by atoms with Crippen molar-refractivity contribution in [3.63, 3.8) is 0 Å². The van der Waals surface area contributed by atoms with E-state index >= 15 is 0 Å². The summed E-state index contributed by atoms with van der Waals surface area (Å²) in [4.78, 5) is 17.1. The van der Waals surface area contributed by atoms with E-state index in [-0.39, 0.29) is 28.2 Å². The third kappa shape index (κ3) is 5.28. The van der Waals surface area contributed by atoms with E-state index in [4.69, 9.17) is 21.1 Å². The first-order valence-corrected chi connectivity index (χ1v) is 13.4. The van der Waals surface area contributed by atoms with E-state index in [0.717, 1.165) is 29.2 Å². The Morgan fingerprint density at radius 1 is 0.944 bits per heavy atom. The summed E-state index contributed by atoms with van der Waals surface area (Å²) in [6, 6.07) is 17.3. The first-order chi connectivity index (χ1) is 17.3. The van der Waals surface area contributed by atoms with Gasteiger partial charge >= 0.3 is 0 Å². The Morgan fingerprint density at radius 3 is 2.42 bits per heavy atom. The highest BCUT2D eigenvalue weighted by atomic mass is 35.5. The van der Waals surface area contributed by atoms with Crippen molar-refractivity contribution in [1.29, 1.82) is 0 Å². The maximum Gasteiger partial charge on any atom is 0.263 e. The summed E-state index contributed by atoms with van der Waals surface area (Å²) < 4.78 is 39.4. The number of aryl methyl sites for hydroxylation is 1. The topological polar surface area (TPSA) is 88.2 Å². The first-order valence-electron chi connectivity index (χ1n) is 11.6. The van der Waals surface area contributed by atoms with E-state index in [2.05, 4.69) is 9.62 Å². The number of nitrogens with one attached hydrogen (secondary N) is 1. The van der Waals surface area contributed by atoms with Gasteiger partial charge in [-0.1, -0.05) is 35.4 Å². The van der Waals surface area contributed by atoms with Crippen LogP contribution in [0, 0.1) is 6.92 Å². The van der Waals surface area contributed by atoms with E-state index in [1.165, 1.54) is 12.1 Å². The molecule has 0 unspecified atom stereocenters. The molecule has 5 rings (SSSR count). The third-order valence-electron chi connectivity index (χ3n) is 6.27. The lowest BCUT2D eigenvalue weighted by Crippen LogP contribution is -2.48. The minimum Gasteiger partial charge on any atom is -0.454 e. The van der Waals surface area contributed by atoms with E-state index in [1.54, 1.807) is 23.1 Å². The van der Waals surface area contributed by atoms with Crippen LogP contribution in [-0.2, 0) is 16.6 Å². The summed E-state index contributed by atoms with van der Waals surface area (Å²) in [7, 11) is -3.97. The highest BCUT2D eigenvalue weighted by molar-refractivity contribution is 7.92. The van der Waals surface area contributed by atoms with Crippen molar-refractivity contribution in [2.45, 2.75) is 18.4 Å². The van der Waals surface area contributed by atoms with Gasteiger partial charge in [0, 0.05) is 44.0 Å². The van der Waals surface area contributed by atoms with Gasteiger partial charge in [-0.05, 0) is 55.0 Å². The smallest absolute Gasteiger partial charge is 0.263 e. The molecule has 2 aliphatic rings. The van der Waals surface area contributed by atoms with Gasteiger partial charge in [0.1, 0.15) is 4.90 Å². The van der Waals surface area contributed by atoms with Crippen molar-refractivity contribution in [1.82, 2.24) is 9.80 Å².